The van der Waals surface area contributed by atoms with Gasteiger partial charge in [0, 0.05) is 19.1 Å². The van der Waals surface area contributed by atoms with E-state index in [1.165, 1.54) is 77.5 Å². The third kappa shape index (κ3) is 5.04. The summed E-state index contributed by atoms with van der Waals surface area (Å²) in [5.41, 5.74) is 0.772. The molecule has 2 fully saturated rings. The van der Waals surface area contributed by atoms with E-state index in [0.29, 0.717) is 6.04 Å². The lowest BCUT2D eigenvalue weighted by atomic mass is 9.77. The van der Waals surface area contributed by atoms with Crippen LogP contribution < -0.4 is 5.32 Å². The standard InChI is InChI=1S/C18H36N2/c1-16(2)6-7-17(3)19-12-15-20-13-10-18(11-14-20)8-4-5-9-18/h16-17,19H,4-15H2,1-3H3. The summed E-state index contributed by atoms with van der Waals surface area (Å²) in [5, 5.41) is 3.70. The number of hydrogen-bond donors (Lipinski definition) is 1. The quantitative estimate of drug-likeness (QED) is 0.756. The zero-order chi connectivity index (χ0) is 14.4. The molecule has 2 aliphatic rings. The minimum absolute atomic E-state index is 0.684. The highest BCUT2D eigenvalue weighted by atomic mass is 15.1. The number of nitrogens with one attached hydrogen (secondary N) is 1. The Labute approximate surface area is 126 Å². The van der Waals surface area contributed by atoms with Crippen molar-refractivity contribution in [2.45, 2.75) is 78.2 Å². The second-order valence-electron chi connectivity index (χ2n) is 7.88. The van der Waals surface area contributed by atoms with Gasteiger partial charge < -0.3 is 10.2 Å². The van der Waals surface area contributed by atoms with E-state index in [1.807, 2.05) is 0 Å². The minimum Gasteiger partial charge on any atom is -0.313 e. The molecule has 1 unspecified atom stereocenters. The lowest BCUT2D eigenvalue weighted by Crippen LogP contribution is -2.42. The normalized spacial score (nSPS) is 24.6. The summed E-state index contributed by atoms with van der Waals surface area (Å²) in [6.45, 7) is 12.1. The molecule has 1 N–H and O–H groups in total. The van der Waals surface area contributed by atoms with E-state index in [-0.39, 0.29) is 0 Å². The van der Waals surface area contributed by atoms with Crippen LogP contribution in [-0.4, -0.2) is 37.1 Å². The third-order valence-corrected chi connectivity index (χ3v) is 5.68. The Bertz CT molecular complexity index is 259. The maximum absolute atomic E-state index is 3.70. The van der Waals surface area contributed by atoms with Gasteiger partial charge in [0.05, 0.1) is 0 Å². The SMILES string of the molecule is CC(C)CCC(C)NCCN1CCC2(CCCC2)CC1. The molecular weight excluding hydrogens is 244 g/mol. The zero-order valence-corrected chi connectivity index (χ0v) is 14.1. The van der Waals surface area contributed by atoms with Crippen LogP contribution in [0.15, 0.2) is 0 Å². The Morgan fingerprint density at radius 3 is 2.20 bits per heavy atom. The first-order valence-corrected chi connectivity index (χ1v) is 9.05. The largest absolute Gasteiger partial charge is 0.313 e. The summed E-state index contributed by atoms with van der Waals surface area (Å²) in [7, 11) is 0. The number of hydrogen-bond acceptors (Lipinski definition) is 2. The molecule has 1 spiro atoms. The Balaban J connectivity index is 1.54. The fourth-order valence-corrected chi connectivity index (χ4v) is 4.03. The molecule has 1 saturated heterocycles. The van der Waals surface area contributed by atoms with Gasteiger partial charge >= 0.3 is 0 Å². The first-order valence-electron chi connectivity index (χ1n) is 9.05. The molecule has 1 aliphatic carbocycles. The van der Waals surface area contributed by atoms with Crippen molar-refractivity contribution in [1.29, 1.82) is 0 Å². The van der Waals surface area contributed by atoms with Crippen molar-refractivity contribution < 1.29 is 0 Å². The van der Waals surface area contributed by atoms with Gasteiger partial charge in [-0.2, -0.15) is 0 Å². The first-order chi connectivity index (χ1) is 9.60. The van der Waals surface area contributed by atoms with Crippen LogP contribution in [0.3, 0.4) is 0 Å². The molecule has 2 heteroatoms. The van der Waals surface area contributed by atoms with Crippen molar-refractivity contribution in [1.82, 2.24) is 10.2 Å². The number of piperidine rings is 1. The van der Waals surface area contributed by atoms with Crippen molar-refractivity contribution in [3.8, 4) is 0 Å². The van der Waals surface area contributed by atoms with Crippen LogP contribution in [0.25, 0.3) is 0 Å². The van der Waals surface area contributed by atoms with E-state index in [1.54, 1.807) is 0 Å². The topological polar surface area (TPSA) is 15.3 Å². The van der Waals surface area contributed by atoms with Gasteiger partial charge in [0.15, 0.2) is 0 Å². The zero-order valence-electron chi connectivity index (χ0n) is 14.1. The highest BCUT2D eigenvalue weighted by Crippen LogP contribution is 2.45. The van der Waals surface area contributed by atoms with Crippen molar-refractivity contribution in [3.63, 3.8) is 0 Å². The number of likely N-dealkylation sites (tertiary alicyclic amines) is 1. The smallest absolute Gasteiger partial charge is 0.0107 e. The molecular formula is C18H36N2. The Kier molecular flexibility index (Phi) is 6.35. The molecule has 0 aromatic rings. The van der Waals surface area contributed by atoms with Crippen molar-refractivity contribution >= 4 is 0 Å². The molecule has 1 saturated carbocycles. The molecule has 1 aliphatic heterocycles. The summed E-state index contributed by atoms with van der Waals surface area (Å²) in [5.74, 6) is 0.837. The molecule has 118 valence electrons. The van der Waals surface area contributed by atoms with Gasteiger partial charge in [0.1, 0.15) is 0 Å². The summed E-state index contributed by atoms with van der Waals surface area (Å²) in [4.78, 5) is 2.69. The molecule has 2 rings (SSSR count). The van der Waals surface area contributed by atoms with Gasteiger partial charge in [-0.3, -0.25) is 0 Å². The average Bonchev–Trinajstić information content (AvgIpc) is 2.87. The predicted octanol–water partition coefficient (Wildman–Crippen LogP) is 4.06. The van der Waals surface area contributed by atoms with Crippen LogP contribution in [0.1, 0.15) is 72.1 Å². The maximum atomic E-state index is 3.70. The molecule has 2 nitrogen and oxygen atoms in total. The van der Waals surface area contributed by atoms with Crippen LogP contribution in [0.4, 0.5) is 0 Å². The Morgan fingerprint density at radius 1 is 0.950 bits per heavy atom. The van der Waals surface area contributed by atoms with Crippen molar-refractivity contribution in [3.05, 3.63) is 0 Å². The molecule has 1 atom stereocenters. The Hall–Kier alpha value is -0.0800. The van der Waals surface area contributed by atoms with E-state index in [4.69, 9.17) is 0 Å². The minimum atomic E-state index is 0.684. The molecule has 0 aromatic carbocycles. The van der Waals surface area contributed by atoms with E-state index >= 15 is 0 Å². The summed E-state index contributed by atoms with van der Waals surface area (Å²) < 4.78 is 0. The summed E-state index contributed by atoms with van der Waals surface area (Å²) >= 11 is 0. The van der Waals surface area contributed by atoms with Gasteiger partial charge in [-0.25, -0.2) is 0 Å². The summed E-state index contributed by atoms with van der Waals surface area (Å²) in [6, 6.07) is 0.684. The Morgan fingerprint density at radius 2 is 1.60 bits per heavy atom. The van der Waals surface area contributed by atoms with Crippen LogP contribution >= 0.6 is 0 Å². The van der Waals surface area contributed by atoms with Gasteiger partial charge in [0.2, 0.25) is 0 Å². The number of rotatable bonds is 7. The van der Waals surface area contributed by atoms with Crippen LogP contribution in [0.2, 0.25) is 0 Å². The van der Waals surface area contributed by atoms with E-state index in [2.05, 4.69) is 31.0 Å². The maximum Gasteiger partial charge on any atom is 0.0107 e. The monoisotopic (exact) mass is 280 g/mol. The van der Waals surface area contributed by atoms with Crippen LogP contribution in [0.5, 0.6) is 0 Å². The van der Waals surface area contributed by atoms with Crippen molar-refractivity contribution in [2.75, 3.05) is 26.2 Å². The van der Waals surface area contributed by atoms with E-state index in [9.17, 15) is 0 Å². The predicted molar refractivity (Wildman–Crippen MR) is 88.1 cm³/mol. The van der Waals surface area contributed by atoms with E-state index < -0.39 is 0 Å². The second-order valence-corrected chi connectivity index (χ2v) is 7.88. The lowest BCUT2D eigenvalue weighted by molar-refractivity contribution is 0.108. The highest BCUT2D eigenvalue weighted by molar-refractivity contribution is 4.89. The average molecular weight is 280 g/mol. The molecule has 20 heavy (non-hydrogen) atoms. The van der Waals surface area contributed by atoms with Gasteiger partial charge in [-0.15, -0.1) is 0 Å². The highest BCUT2D eigenvalue weighted by Gasteiger charge is 2.36. The lowest BCUT2D eigenvalue weighted by Gasteiger charge is -2.39. The van der Waals surface area contributed by atoms with Gasteiger partial charge in [-0.1, -0.05) is 26.7 Å². The molecule has 1 heterocycles. The summed E-state index contributed by atoms with van der Waals surface area (Å²) in [6.07, 6.45) is 11.6. The van der Waals surface area contributed by atoms with Crippen molar-refractivity contribution in [2.24, 2.45) is 11.3 Å². The van der Waals surface area contributed by atoms with Crippen LogP contribution in [0, 0.1) is 11.3 Å². The second kappa shape index (κ2) is 7.79. The van der Waals surface area contributed by atoms with Crippen LogP contribution in [-0.2, 0) is 0 Å². The van der Waals surface area contributed by atoms with Gasteiger partial charge in [-0.05, 0) is 69.9 Å². The fourth-order valence-electron chi connectivity index (χ4n) is 4.03. The molecule has 0 aromatic heterocycles. The fraction of sp³-hybridized carbons (Fsp3) is 1.00. The van der Waals surface area contributed by atoms with E-state index in [0.717, 1.165) is 11.3 Å². The molecule has 0 amide bonds. The first kappa shape index (κ1) is 16.3. The molecule has 0 radical (unpaired) electrons. The van der Waals surface area contributed by atoms with Gasteiger partial charge in [0.25, 0.3) is 0 Å². The third-order valence-electron chi connectivity index (χ3n) is 5.68. The number of nitrogens with zero attached hydrogens (tertiary/aromatic N) is 1. The molecule has 0 bridgehead atoms.